The molecule has 2 N–H and O–H groups in total. The van der Waals surface area contributed by atoms with Crippen LogP contribution in [0.25, 0.3) is 0 Å². The van der Waals surface area contributed by atoms with Gasteiger partial charge < -0.3 is 14.4 Å². The van der Waals surface area contributed by atoms with Gasteiger partial charge in [0.05, 0.1) is 6.26 Å². The van der Waals surface area contributed by atoms with Gasteiger partial charge in [-0.2, -0.15) is 8.42 Å². The number of carboxylic acids is 1. The van der Waals surface area contributed by atoms with Gasteiger partial charge >= 0.3 is 16.1 Å². The van der Waals surface area contributed by atoms with Crippen molar-refractivity contribution in [1.82, 2.24) is 0 Å². The Kier molecular flexibility index (Phi) is 3.51. The van der Waals surface area contributed by atoms with E-state index in [1.807, 2.05) is 0 Å². The summed E-state index contributed by atoms with van der Waals surface area (Å²) in [6, 6.07) is 5.48. The standard InChI is InChI=1S/C9H10O6S/c1-16(13,14)15-7-5-3-2-4-6(7)8(10)9(11)12/h2-5,8,10H,1H3,(H,11,12). The van der Waals surface area contributed by atoms with E-state index in [1.54, 1.807) is 0 Å². The maximum Gasteiger partial charge on any atom is 0.337 e. The van der Waals surface area contributed by atoms with E-state index in [2.05, 4.69) is 4.18 Å². The molecule has 88 valence electrons. The second-order valence-corrected chi connectivity index (χ2v) is 4.64. The Morgan fingerprint density at radius 1 is 1.38 bits per heavy atom. The molecule has 0 heterocycles. The lowest BCUT2D eigenvalue weighted by atomic mass is 10.1. The molecule has 0 spiro atoms. The first-order valence-corrected chi connectivity index (χ1v) is 6.02. The molecule has 16 heavy (non-hydrogen) atoms. The van der Waals surface area contributed by atoms with Crippen LogP contribution >= 0.6 is 0 Å². The van der Waals surface area contributed by atoms with Crippen molar-refractivity contribution in [1.29, 1.82) is 0 Å². The highest BCUT2D eigenvalue weighted by Crippen LogP contribution is 2.26. The monoisotopic (exact) mass is 246 g/mol. The molecule has 1 rings (SSSR count). The first-order chi connectivity index (χ1) is 7.31. The molecule has 1 atom stereocenters. The van der Waals surface area contributed by atoms with Gasteiger partial charge in [-0.05, 0) is 6.07 Å². The van der Waals surface area contributed by atoms with E-state index in [9.17, 15) is 18.3 Å². The van der Waals surface area contributed by atoms with Crippen LogP contribution in [0.4, 0.5) is 0 Å². The minimum atomic E-state index is -3.76. The summed E-state index contributed by atoms with van der Waals surface area (Å²) in [6.07, 6.45) is -0.991. The van der Waals surface area contributed by atoms with Crippen molar-refractivity contribution >= 4 is 16.1 Å². The second kappa shape index (κ2) is 4.50. The van der Waals surface area contributed by atoms with Gasteiger partial charge in [0.2, 0.25) is 0 Å². The zero-order valence-electron chi connectivity index (χ0n) is 8.32. The van der Waals surface area contributed by atoms with Gasteiger partial charge in [-0.25, -0.2) is 4.79 Å². The fraction of sp³-hybridized carbons (Fsp3) is 0.222. The van der Waals surface area contributed by atoms with Crippen LogP contribution in [0.15, 0.2) is 24.3 Å². The number of carbonyl (C=O) groups is 1. The lowest BCUT2D eigenvalue weighted by Crippen LogP contribution is -2.14. The predicted molar refractivity (Wildman–Crippen MR) is 54.5 cm³/mol. The Labute approximate surface area is 92.2 Å². The van der Waals surface area contributed by atoms with Crippen LogP contribution in [-0.2, 0) is 14.9 Å². The summed E-state index contributed by atoms with van der Waals surface area (Å²) >= 11 is 0. The molecule has 1 aromatic carbocycles. The number of para-hydroxylation sites is 1. The van der Waals surface area contributed by atoms with Gasteiger partial charge in [0.1, 0.15) is 5.75 Å². The summed E-state index contributed by atoms with van der Waals surface area (Å²) in [5, 5.41) is 17.9. The Morgan fingerprint density at radius 3 is 2.44 bits per heavy atom. The molecular formula is C9H10O6S. The minimum Gasteiger partial charge on any atom is -0.479 e. The molecule has 0 saturated carbocycles. The van der Waals surface area contributed by atoms with Gasteiger partial charge in [0.15, 0.2) is 6.10 Å². The van der Waals surface area contributed by atoms with Gasteiger partial charge in [-0.15, -0.1) is 0 Å². The van der Waals surface area contributed by atoms with Crippen molar-refractivity contribution in [2.24, 2.45) is 0 Å². The van der Waals surface area contributed by atoms with E-state index in [-0.39, 0.29) is 11.3 Å². The summed E-state index contributed by atoms with van der Waals surface area (Å²) in [5.74, 6) is -1.68. The van der Waals surface area contributed by atoms with Crippen LogP contribution in [-0.4, -0.2) is 30.9 Å². The molecule has 0 amide bonds. The summed E-state index contributed by atoms with van der Waals surface area (Å²) in [6.45, 7) is 0. The molecule has 0 bridgehead atoms. The molecule has 1 unspecified atom stereocenters. The van der Waals surface area contributed by atoms with Gasteiger partial charge in [0.25, 0.3) is 0 Å². The van der Waals surface area contributed by atoms with Crippen molar-refractivity contribution < 1.29 is 27.6 Å². The molecule has 7 heteroatoms. The molecule has 0 radical (unpaired) electrons. The summed E-state index contributed by atoms with van der Waals surface area (Å²) < 4.78 is 26.3. The summed E-state index contributed by atoms with van der Waals surface area (Å²) in [4.78, 5) is 10.6. The van der Waals surface area contributed by atoms with Crippen LogP contribution in [0.1, 0.15) is 11.7 Å². The molecule has 6 nitrogen and oxygen atoms in total. The zero-order valence-corrected chi connectivity index (χ0v) is 9.14. The molecular weight excluding hydrogens is 236 g/mol. The van der Waals surface area contributed by atoms with Crippen molar-refractivity contribution in [3.8, 4) is 5.75 Å². The second-order valence-electron chi connectivity index (χ2n) is 3.07. The van der Waals surface area contributed by atoms with Gasteiger partial charge in [-0.1, -0.05) is 18.2 Å². The quantitative estimate of drug-likeness (QED) is 0.733. The normalized spacial score (nSPS) is 13.1. The molecule has 0 aliphatic rings. The number of hydrogen-bond donors (Lipinski definition) is 2. The highest BCUT2D eigenvalue weighted by Gasteiger charge is 2.21. The maximum absolute atomic E-state index is 10.9. The van der Waals surface area contributed by atoms with Crippen LogP contribution in [0.2, 0.25) is 0 Å². The first-order valence-electron chi connectivity index (χ1n) is 4.20. The number of hydrogen-bond acceptors (Lipinski definition) is 5. The smallest absolute Gasteiger partial charge is 0.337 e. The largest absolute Gasteiger partial charge is 0.479 e. The Bertz CT molecular complexity index is 492. The highest BCUT2D eigenvalue weighted by atomic mass is 32.2. The van der Waals surface area contributed by atoms with Crippen LogP contribution < -0.4 is 4.18 Å². The van der Waals surface area contributed by atoms with Crippen LogP contribution in [0, 0.1) is 0 Å². The molecule has 1 aromatic rings. The van der Waals surface area contributed by atoms with Gasteiger partial charge in [0, 0.05) is 5.56 Å². The number of benzene rings is 1. The Hall–Kier alpha value is -1.60. The molecule has 0 saturated heterocycles. The summed E-state index contributed by atoms with van der Waals surface area (Å²) in [7, 11) is -3.76. The Balaban J connectivity index is 3.15. The average molecular weight is 246 g/mol. The van der Waals surface area contributed by atoms with E-state index in [1.165, 1.54) is 24.3 Å². The third-order valence-corrected chi connectivity index (χ3v) is 2.17. The molecule has 0 fully saturated rings. The zero-order chi connectivity index (χ0) is 12.3. The van der Waals surface area contributed by atoms with E-state index in [4.69, 9.17) is 5.11 Å². The third kappa shape index (κ3) is 3.21. The number of aliphatic hydroxyl groups excluding tert-OH is 1. The number of carboxylic acid groups (broad SMARTS) is 1. The topological polar surface area (TPSA) is 101 Å². The number of rotatable bonds is 4. The van der Waals surface area contributed by atoms with Crippen molar-refractivity contribution in [3.05, 3.63) is 29.8 Å². The fourth-order valence-corrected chi connectivity index (χ4v) is 1.56. The van der Waals surface area contributed by atoms with E-state index in [0.29, 0.717) is 0 Å². The molecule has 0 aliphatic carbocycles. The Morgan fingerprint density at radius 2 is 1.94 bits per heavy atom. The van der Waals surface area contributed by atoms with Crippen molar-refractivity contribution in [3.63, 3.8) is 0 Å². The highest BCUT2D eigenvalue weighted by molar-refractivity contribution is 7.86. The van der Waals surface area contributed by atoms with Crippen LogP contribution in [0.3, 0.4) is 0 Å². The fourth-order valence-electron chi connectivity index (χ4n) is 1.08. The number of aliphatic hydroxyl groups is 1. The van der Waals surface area contributed by atoms with Gasteiger partial charge in [-0.3, -0.25) is 0 Å². The lowest BCUT2D eigenvalue weighted by Gasteiger charge is -2.11. The predicted octanol–water partition coefficient (Wildman–Crippen LogP) is 0.143. The van der Waals surface area contributed by atoms with E-state index in [0.717, 1.165) is 6.26 Å². The maximum atomic E-state index is 10.9. The van der Waals surface area contributed by atoms with E-state index >= 15 is 0 Å². The van der Waals surface area contributed by atoms with Crippen molar-refractivity contribution in [2.75, 3.05) is 6.26 Å². The van der Waals surface area contributed by atoms with E-state index < -0.39 is 22.2 Å². The summed E-state index contributed by atoms with van der Waals surface area (Å²) in [5.41, 5.74) is -0.111. The number of aliphatic carboxylic acids is 1. The minimum absolute atomic E-state index is 0.111. The average Bonchev–Trinajstić information content (AvgIpc) is 2.15. The lowest BCUT2D eigenvalue weighted by molar-refractivity contribution is -0.147. The molecule has 0 aliphatic heterocycles. The molecule has 0 aromatic heterocycles. The third-order valence-electron chi connectivity index (χ3n) is 1.69. The van der Waals surface area contributed by atoms with Crippen molar-refractivity contribution in [2.45, 2.75) is 6.10 Å². The SMILES string of the molecule is CS(=O)(=O)Oc1ccccc1C(O)C(=O)O. The first kappa shape index (κ1) is 12.5. The van der Waals surface area contributed by atoms with Crippen LogP contribution in [0.5, 0.6) is 5.75 Å².